The molecule has 1 rings (SSSR count). The smallest absolute Gasteiger partial charge is 0.258 e. The van der Waals surface area contributed by atoms with Gasteiger partial charge in [-0.3, -0.25) is 10.1 Å². The van der Waals surface area contributed by atoms with Crippen LogP contribution in [0.15, 0.2) is 16.6 Å². The van der Waals surface area contributed by atoms with Crippen LogP contribution in [0.5, 0.6) is 0 Å². The van der Waals surface area contributed by atoms with Crippen LogP contribution in [-0.4, -0.2) is 4.92 Å². The van der Waals surface area contributed by atoms with Gasteiger partial charge in [-0.2, -0.15) is 4.39 Å². The summed E-state index contributed by atoms with van der Waals surface area (Å²) >= 11 is 8.41. The van der Waals surface area contributed by atoms with Crippen molar-refractivity contribution in [1.29, 1.82) is 0 Å². The second-order valence-electron chi connectivity index (χ2n) is 2.26. The van der Waals surface area contributed by atoms with Gasteiger partial charge >= 0.3 is 5.69 Å². The lowest BCUT2D eigenvalue weighted by Gasteiger charge is -2.01. The van der Waals surface area contributed by atoms with Crippen molar-refractivity contribution in [3.8, 4) is 0 Å². The third-order valence-corrected chi connectivity index (χ3v) is 2.65. The molecule has 0 N–H and O–H groups in total. The summed E-state index contributed by atoms with van der Waals surface area (Å²) in [5.41, 5.74) is -0.0760. The molecule has 0 heterocycles. The molecule has 13 heavy (non-hydrogen) atoms. The molecule has 0 radical (unpaired) electrons. The molecule has 0 aliphatic carbocycles. The SMILES string of the molecule is O=[N+]([O-])c1c(F)ccc(CCl)c1Br. The summed E-state index contributed by atoms with van der Waals surface area (Å²) in [4.78, 5) is 9.62. The molecule has 0 spiro atoms. The maximum Gasteiger partial charge on any atom is 0.319 e. The van der Waals surface area contributed by atoms with E-state index in [4.69, 9.17) is 11.6 Å². The molecule has 6 heteroatoms. The fourth-order valence-electron chi connectivity index (χ4n) is 0.853. The molecule has 0 amide bonds. The summed E-state index contributed by atoms with van der Waals surface area (Å²) in [5, 5.41) is 10.4. The number of alkyl halides is 1. The van der Waals surface area contributed by atoms with Crippen molar-refractivity contribution < 1.29 is 9.31 Å². The molecule has 0 saturated heterocycles. The van der Waals surface area contributed by atoms with Crippen molar-refractivity contribution in [2.45, 2.75) is 5.88 Å². The van der Waals surface area contributed by atoms with Crippen LogP contribution in [0.2, 0.25) is 0 Å². The van der Waals surface area contributed by atoms with Crippen molar-refractivity contribution in [3.05, 3.63) is 38.1 Å². The molecule has 0 fully saturated rings. The molecule has 0 aliphatic rings. The van der Waals surface area contributed by atoms with E-state index >= 15 is 0 Å². The predicted molar refractivity (Wildman–Crippen MR) is 50.3 cm³/mol. The minimum Gasteiger partial charge on any atom is -0.258 e. The molecular formula is C7H4BrClFNO2. The number of nitrogens with zero attached hydrogens (tertiary/aromatic N) is 1. The third kappa shape index (κ3) is 1.97. The minimum atomic E-state index is -0.870. The lowest BCUT2D eigenvalue weighted by Crippen LogP contribution is -1.96. The Morgan fingerprint density at radius 1 is 1.62 bits per heavy atom. The van der Waals surface area contributed by atoms with Crippen LogP contribution in [0.1, 0.15) is 5.56 Å². The number of nitro benzene ring substituents is 1. The van der Waals surface area contributed by atoms with E-state index in [0.717, 1.165) is 6.07 Å². The highest BCUT2D eigenvalue weighted by Crippen LogP contribution is 2.31. The Morgan fingerprint density at radius 3 is 2.69 bits per heavy atom. The van der Waals surface area contributed by atoms with E-state index < -0.39 is 16.4 Å². The monoisotopic (exact) mass is 267 g/mol. The molecular weight excluding hydrogens is 264 g/mol. The molecule has 1 aromatic carbocycles. The number of benzene rings is 1. The number of rotatable bonds is 2. The van der Waals surface area contributed by atoms with Crippen LogP contribution in [0.25, 0.3) is 0 Å². The third-order valence-electron chi connectivity index (χ3n) is 1.47. The Kier molecular flexibility index (Phi) is 3.22. The number of hydrogen-bond acceptors (Lipinski definition) is 2. The van der Waals surface area contributed by atoms with E-state index in [1.165, 1.54) is 6.07 Å². The van der Waals surface area contributed by atoms with Crippen LogP contribution >= 0.6 is 27.5 Å². The summed E-state index contributed by atoms with van der Waals surface area (Å²) in [6, 6.07) is 2.43. The van der Waals surface area contributed by atoms with Gasteiger partial charge in [0.05, 0.1) is 4.92 Å². The summed E-state index contributed by atoms with van der Waals surface area (Å²) < 4.78 is 13.0. The Labute approximate surface area is 86.8 Å². The molecule has 0 bridgehead atoms. The first-order valence-electron chi connectivity index (χ1n) is 3.25. The summed E-state index contributed by atoms with van der Waals surface area (Å²) in [6.07, 6.45) is 0. The lowest BCUT2D eigenvalue weighted by molar-refractivity contribution is -0.388. The molecule has 3 nitrogen and oxygen atoms in total. The largest absolute Gasteiger partial charge is 0.319 e. The van der Waals surface area contributed by atoms with Crippen molar-refractivity contribution in [1.82, 2.24) is 0 Å². The second kappa shape index (κ2) is 4.02. The van der Waals surface area contributed by atoms with Gasteiger partial charge in [-0.1, -0.05) is 6.07 Å². The summed E-state index contributed by atoms with van der Waals surface area (Å²) in [6.45, 7) is 0. The highest BCUT2D eigenvalue weighted by atomic mass is 79.9. The van der Waals surface area contributed by atoms with Crippen molar-refractivity contribution in [2.24, 2.45) is 0 Å². The van der Waals surface area contributed by atoms with Crippen LogP contribution in [-0.2, 0) is 5.88 Å². The van der Waals surface area contributed by atoms with Gasteiger partial charge in [0.2, 0.25) is 5.82 Å². The topological polar surface area (TPSA) is 43.1 Å². The molecule has 0 unspecified atom stereocenters. The Morgan fingerprint density at radius 2 is 2.23 bits per heavy atom. The maximum absolute atomic E-state index is 12.9. The van der Waals surface area contributed by atoms with E-state index in [1.54, 1.807) is 0 Å². The Hall–Kier alpha value is -0.680. The first kappa shape index (κ1) is 10.4. The normalized spacial score (nSPS) is 10.1. The maximum atomic E-state index is 12.9. The highest BCUT2D eigenvalue weighted by Gasteiger charge is 2.20. The average Bonchev–Trinajstić information content (AvgIpc) is 2.04. The van der Waals surface area contributed by atoms with Crippen molar-refractivity contribution in [2.75, 3.05) is 0 Å². The highest BCUT2D eigenvalue weighted by molar-refractivity contribution is 9.10. The van der Waals surface area contributed by atoms with Crippen LogP contribution in [0.4, 0.5) is 10.1 Å². The van der Waals surface area contributed by atoms with Gasteiger partial charge in [0.25, 0.3) is 0 Å². The Balaban J connectivity index is 3.38. The first-order chi connectivity index (χ1) is 6.07. The van der Waals surface area contributed by atoms with E-state index in [1.807, 2.05) is 0 Å². The number of nitro groups is 1. The fraction of sp³-hybridized carbons (Fsp3) is 0.143. The molecule has 0 saturated carbocycles. The molecule has 0 aliphatic heterocycles. The quantitative estimate of drug-likeness (QED) is 0.469. The fourth-order valence-corrected chi connectivity index (χ4v) is 1.84. The number of hydrogen-bond donors (Lipinski definition) is 0. The number of halogens is 3. The zero-order valence-electron chi connectivity index (χ0n) is 6.26. The zero-order valence-corrected chi connectivity index (χ0v) is 8.60. The summed E-state index contributed by atoms with van der Waals surface area (Å²) in [7, 11) is 0. The molecule has 70 valence electrons. The minimum absolute atomic E-state index is 0.0989. The molecule has 0 aromatic heterocycles. The predicted octanol–water partition coefficient (Wildman–Crippen LogP) is 3.24. The Bertz CT molecular complexity index is 359. The van der Waals surface area contributed by atoms with E-state index in [0.29, 0.717) is 5.56 Å². The van der Waals surface area contributed by atoms with Gasteiger partial charge in [0.1, 0.15) is 4.47 Å². The molecule has 0 atom stereocenters. The van der Waals surface area contributed by atoms with Gasteiger partial charge in [0.15, 0.2) is 0 Å². The molecule has 1 aromatic rings. The van der Waals surface area contributed by atoms with Crippen LogP contribution < -0.4 is 0 Å². The van der Waals surface area contributed by atoms with Gasteiger partial charge in [-0.25, -0.2) is 0 Å². The van der Waals surface area contributed by atoms with Crippen LogP contribution in [0, 0.1) is 15.9 Å². The average molecular weight is 268 g/mol. The van der Waals surface area contributed by atoms with E-state index in [2.05, 4.69) is 15.9 Å². The zero-order chi connectivity index (χ0) is 10.0. The van der Waals surface area contributed by atoms with Gasteiger partial charge in [-0.15, -0.1) is 11.6 Å². The van der Waals surface area contributed by atoms with E-state index in [9.17, 15) is 14.5 Å². The lowest BCUT2D eigenvalue weighted by atomic mass is 10.2. The second-order valence-corrected chi connectivity index (χ2v) is 3.32. The van der Waals surface area contributed by atoms with Crippen molar-refractivity contribution in [3.63, 3.8) is 0 Å². The van der Waals surface area contributed by atoms with E-state index in [-0.39, 0.29) is 10.4 Å². The van der Waals surface area contributed by atoms with Crippen LogP contribution in [0.3, 0.4) is 0 Å². The first-order valence-corrected chi connectivity index (χ1v) is 4.58. The summed E-state index contributed by atoms with van der Waals surface area (Å²) in [5.74, 6) is -0.771. The van der Waals surface area contributed by atoms with Gasteiger partial charge in [0, 0.05) is 5.88 Å². The van der Waals surface area contributed by atoms with Gasteiger partial charge in [-0.05, 0) is 27.6 Å². The standard InChI is InChI=1S/C7H4BrClFNO2/c8-6-4(3-9)1-2-5(10)7(6)11(12)13/h1-2H,3H2. The van der Waals surface area contributed by atoms with Crippen molar-refractivity contribution >= 4 is 33.2 Å². The van der Waals surface area contributed by atoms with Gasteiger partial charge < -0.3 is 0 Å².